The molecule has 1 aliphatic rings. The highest BCUT2D eigenvalue weighted by molar-refractivity contribution is 9.10. The van der Waals surface area contributed by atoms with Crippen LogP contribution in [0.15, 0.2) is 22.0 Å². The smallest absolute Gasteiger partial charge is 0.0442 e. The van der Waals surface area contributed by atoms with Crippen molar-refractivity contribution in [1.82, 2.24) is 0 Å². The summed E-state index contributed by atoms with van der Waals surface area (Å²) in [6.45, 7) is 4.59. The first-order valence-electron chi connectivity index (χ1n) is 5.18. The fourth-order valence-corrected chi connectivity index (χ4v) is 3.94. The van der Waals surface area contributed by atoms with Crippen LogP contribution < -0.4 is 5.73 Å². The van der Waals surface area contributed by atoms with Gasteiger partial charge in [0.25, 0.3) is 0 Å². The van der Waals surface area contributed by atoms with Gasteiger partial charge in [-0.2, -0.15) is 0 Å². The lowest BCUT2D eigenvalue weighted by molar-refractivity contribution is 0.319. The second-order valence-electron chi connectivity index (χ2n) is 5.00. The summed E-state index contributed by atoms with van der Waals surface area (Å²) in [6.07, 6.45) is 4.43. The van der Waals surface area contributed by atoms with Crippen molar-refractivity contribution in [1.29, 1.82) is 0 Å². The molecule has 1 aromatic rings. The third-order valence-electron chi connectivity index (χ3n) is 2.78. The molecule has 2 rings (SSSR count). The largest absolute Gasteiger partial charge is 0.324 e. The number of rotatable bonds is 1. The molecule has 2 N–H and O–H groups in total. The van der Waals surface area contributed by atoms with Crippen molar-refractivity contribution in [3.63, 3.8) is 0 Å². The SMILES string of the molecule is CC1(C)CC(c2sccc2Br)=CC(N)C1. The van der Waals surface area contributed by atoms with E-state index in [2.05, 4.69) is 47.3 Å². The quantitative estimate of drug-likeness (QED) is 0.828. The molecule has 0 fully saturated rings. The molecular formula is C12H16BrNS. The maximum atomic E-state index is 6.07. The molecule has 0 amide bonds. The lowest BCUT2D eigenvalue weighted by Gasteiger charge is -2.33. The molecule has 82 valence electrons. The van der Waals surface area contributed by atoms with E-state index in [1.165, 1.54) is 14.9 Å². The minimum absolute atomic E-state index is 0.206. The molecule has 1 aliphatic carbocycles. The minimum Gasteiger partial charge on any atom is -0.324 e. The van der Waals surface area contributed by atoms with E-state index in [-0.39, 0.29) is 6.04 Å². The summed E-state index contributed by atoms with van der Waals surface area (Å²) in [5, 5.41) is 2.12. The first kappa shape index (κ1) is 11.4. The van der Waals surface area contributed by atoms with Crippen LogP contribution in [0.3, 0.4) is 0 Å². The van der Waals surface area contributed by atoms with Gasteiger partial charge in [0, 0.05) is 15.4 Å². The second kappa shape index (κ2) is 4.04. The predicted octanol–water partition coefficient (Wildman–Crippen LogP) is 4.04. The Kier molecular flexibility index (Phi) is 3.06. The molecule has 1 unspecified atom stereocenters. The summed E-state index contributed by atoms with van der Waals surface area (Å²) >= 11 is 5.38. The van der Waals surface area contributed by atoms with E-state index in [1.807, 2.05) is 0 Å². The number of hydrogen-bond donors (Lipinski definition) is 1. The van der Waals surface area contributed by atoms with E-state index in [0.717, 1.165) is 12.8 Å². The number of thiophene rings is 1. The molecule has 0 saturated carbocycles. The molecule has 0 saturated heterocycles. The molecule has 3 heteroatoms. The van der Waals surface area contributed by atoms with Gasteiger partial charge in [0.05, 0.1) is 0 Å². The maximum absolute atomic E-state index is 6.07. The topological polar surface area (TPSA) is 26.0 Å². The number of hydrogen-bond acceptors (Lipinski definition) is 2. The van der Waals surface area contributed by atoms with Crippen LogP contribution in [0.2, 0.25) is 0 Å². The lowest BCUT2D eigenvalue weighted by Crippen LogP contribution is -2.30. The van der Waals surface area contributed by atoms with E-state index in [0.29, 0.717) is 5.41 Å². The highest BCUT2D eigenvalue weighted by atomic mass is 79.9. The highest BCUT2D eigenvalue weighted by Crippen LogP contribution is 2.42. The molecule has 1 aromatic heterocycles. The first-order valence-corrected chi connectivity index (χ1v) is 6.85. The van der Waals surface area contributed by atoms with Crippen LogP contribution in [0.5, 0.6) is 0 Å². The van der Waals surface area contributed by atoms with Crippen molar-refractivity contribution in [2.24, 2.45) is 11.1 Å². The van der Waals surface area contributed by atoms with Crippen LogP contribution in [0.4, 0.5) is 0 Å². The zero-order valence-electron chi connectivity index (χ0n) is 9.09. The zero-order chi connectivity index (χ0) is 11.1. The Bertz CT molecular complexity index is 392. The minimum atomic E-state index is 0.206. The fraction of sp³-hybridized carbons (Fsp3) is 0.500. The lowest BCUT2D eigenvalue weighted by atomic mass is 9.75. The standard InChI is InChI=1S/C12H16BrNS/c1-12(2)6-8(5-9(14)7-12)11-10(13)3-4-15-11/h3-5,9H,6-7,14H2,1-2H3. The van der Waals surface area contributed by atoms with Crippen LogP contribution in [0, 0.1) is 5.41 Å². The summed E-state index contributed by atoms with van der Waals surface area (Å²) < 4.78 is 1.20. The molecule has 1 nitrogen and oxygen atoms in total. The Labute approximate surface area is 104 Å². The van der Waals surface area contributed by atoms with Crippen LogP contribution in [-0.2, 0) is 0 Å². The van der Waals surface area contributed by atoms with Gasteiger partial charge in [0.1, 0.15) is 0 Å². The second-order valence-corrected chi connectivity index (χ2v) is 6.77. The molecule has 1 heterocycles. The zero-order valence-corrected chi connectivity index (χ0v) is 11.5. The molecule has 1 atom stereocenters. The average Bonchev–Trinajstić information content (AvgIpc) is 2.47. The van der Waals surface area contributed by atoms with Crippen LogP contribution in [-0.4, -0.2) is 6.04 Å². The number of nitrogens with two attached hydrogens (primary N) is 1. The number of allylic oxidation sites excluding steroid dienone is 1. The van der Waals surface area contributed by atoms with Crippen molar-refractivity contribution < 1.29 is 0 Å². The normalized spacial score (nSPS) is 25.1. The van der Waals surface area contributed by atoms with Crippen molar-refractivity contribution in [2.45, 2.75) is 32.7 Å². The Morgan fingerprint density at radius 3 is 2.80 bits per heavy atom. The number of halogens is 1. The van der Waals surface area contributed by atoms with Crippen molar-refractivity contribution >= 4 is 32.8 Å². The van der Waals surface area contributed by atoms with Crippen LogP contribution in [0.25, 0.3) is 5.57 Å². The van der Waals surface area contributed by atoms with Gasteiger partial charge in [-0.25, -0.2) is 0 Å². The Hall–Kier alpha value is -0.120. The molecule has 0 bridgehead atoms. The third-order valence-corrected chi connectivity index (χ3v) is 4.69. The maximum Gasteiger partial charge on any atom is 0.0442 e. The van der Waals surface area contributed by atoms with Gasteiger partial charge in [0.2, 0.25) is 0 Å². The summed E-state index contributed by atoms with van der Waals surface area (Å²) in [5.41, 5.74) is 7.80. The van der Waals surface area contributed by atoms with E-state index in [4.69, 9.17) is 5.73 Å². The highest BCUT2D eigenvalue weighted by Gasteiger charge is 2.28. The average molecular weight is 286 g/mol. The van der Waals surface area contributed by atoms with E-state index in [9.17, 15) is 0 Å². The van der Waals surface area contributed by atoms with Crippen molar-refractivity contribution in [3.8, 4) is 0 Å². The van der Waals surface area contributed by atoms with Gasteiger partial charge < -0.3 is 5.73 Å². The van der Waals surface area contributed by atoms with E-state index >= 15 is 0 Å². The monoisotopic (exact) mass is 285 g/mol. The summed E-state index contributed by atoms with van der Waals surface area (Å²) in [5.74, 6) is 0. The van der Waals surface area contributed by atoms with Gasteiger partial charge in [-0.1, -0.05) is 19.9 Å². The van der Waals surface area contributed by atoms with Crippen molar-refractivity contribution in [2.75, 3.05) is 0 Å². The first-order chi connectivity index (χ1) is 6.98. The predicted molar refractivity (Wildman–Crippen MR) is 71.0 cm³/mol. The van der Waals surface area contributed by atoms with Crippen LogP contribution >= 0.6 is 27.3 Å². The van der Waals surface area contributed by atoms with E-state index < -0.39 is 0 Å². The molecule has 0 aromatic carbocycles. The molecular weight excluding hydrogens is 270 g/mol. The van der Waals surface area contributed by atoms with Crippen LogP contribution in [0.1, 0.15) is 31.6 Å². The Balaban J connectivity index is 2.34. The van der Waals surface area contributed by atoms with Gasteiger partial charge in [-0.3, -0.25) is 0 Å². The Morgan fingerprint density at radius 2 is 2.27 bits per heavy atom. The molecule has 0 spiro atoms. The molecule has 0 aliphatic heterocycles. The van der Waals surface area contributed by atoms with E-state index in [1.54, 1.807) is 11.3 Å². The Morgan fingerprint density at radius 1 is 1.53 bits per heavy atom. The molecule has 0 radical (unpaired) electrons. The fourth-order valence-electron chi connectivity index (χ4n) is 2.28. The third kappa shape index (κ3) is 2.52. The van der Waals surface area contributed by atoms with Crippen molar-refractivity contribution in [3.05, 3.63) is 26.9 Å². The molecule has 15 heavy (non-hydrogen) atoms. The summed E-state index contributed by atoms with van der Waals surface area (Å²) in [6, 6.07) is 2.31. The summed E-state index contributed by atoms with van der Waals surface area (Å²) in [4.78, 5) is 1.35. The van der Waals surface area contributed by atoms with Gasteiger partial charge in [0.15, 0.2) is 0 Å². The van der Waals surface area contributed by atoms with Gasteiger partial charge in [-0.05, 0) is 51.2 Å². The summed E-state index contributed by atoms with van der Waals surface area (Å²) in [7, 11) is 0. The van der Waals surface area contributed by atoms with Gasteiger partial charge in [-0.15, -0.1) is 11.3 Å². The van der Waals surface area contributed by atoms with Gasteiger partial charge >= 0.3 is 0 Å².